The normalized spacial score (nSPS) is 14.9. The molecule has 1 fully saturated rings. The highest BCUT2D eigenvalue weighted by molar-refractivity contribution is 5.93. The summed E-state index contributed by atoms with van der Waals surface area (Å²) in [6.45, 7) is 3.68. The Balaban J connectivity index is 2.35. The van der Waals surface area contributed by atoms with Crippen molar-refractivity contribution >= 4 is 11.7 Å². The van der Waals surface area contributed by atoms with Crippen LogP contribution in [0, 0.1) is 10.1 Å². The molecule has 0 spiro atoms. The minimum Gasteiger partial charge on any atom is -0.358 e. The summed E-state index contributed by atoms with van der Waals surface area (Å²) in [5.74, 6) is -0.483. The van der Waals surface area contributed by atoms with Crippen LogP contribution in [-0.2, 0) is 0 Å². The molecule has 7 nitrogen and oxygen atoms in total. The van der Waals surface area contributed by atoms with Gasteiger partial charge in [-0.05, 0) is 31.6 Å². The zero-order valence-electron chi connectivity index (χ0n) is 10.7. The molecule has 0 unspecified atom stereocenters. The van der Waals surface area contributed by atoms with Gasteiger partial charge in [-0.25, -0.2) is 0 Å². The number of nitrogens with zero attached hydrogens (tertiary/aromatic N) is 4. The maximum atomic E-state index is 12.2. The molecule has 1 heterocycles. The fraction of sp³-hybridized carbons (Fsp3) is 0.636. The van der Waals surface area contributed by atoms with E-state index in [1.54, 1.807) is 11.9 Å². The van der Waals surface area contributed by atoms with Crippen molar-refractivity contribution in [2.24, 2.45) is 0 Å². The van der Waals surface area contributed by atoms with Crippen LogP contribution in [0.4, 0.5) is 5.82 Å². The molecule has 18 heavy (non-hydrogen) atoms. The van der Waals surface area contributed by atoms with E-state index in [-0.39, 0.29) is 29.5 Å². The summed E-state index contributed by atoms with van der Waals surface area (Å²) >= 11 is 0. The molecule has 7 heteroatoms. The number of aromatic nitrogens is 2. The van der Waals surface area contributed by atoms with Gasteiger partial charge in [0.25, 0.3) is 5.91 Å². The second-order valence-corrected chi connectivity index (χ2v) is 4.83. The first kappa shape index (κ1) is 12.5. The van der Waals surface area contributed by atoms with Crippen LogP contribution in [0.3, 0.4) is 0 Å². The van der Waals surface area contributed by atoms with Crippen molar-refractivity contribution < 1.29 is 9.72 Å². The molecule has 98 valence electrons. The minimum atomic E-state index is -0.577. The number of amides is 1. The molecular weight excluding hydrogens is 236 g/mol. The number of hydrogen-bond acceptors (Lipinski definition) is 4. The maximum Gasteiger partial charge on any atom is 0.390 e. The van der Waals surface area contributed by atoms with Gasteiger partial charge in [-0.3, -0.25) is 4.79 Å². The smallest absolute Gasteiger partial charge is 0.358 e. The molecule has 0 atom stereocenters. The second-order valence-electron chi connectivity index (χ2n) is 4.83. The number of carbonyl (C=O) groups excluding carboxylic acids is 1. The predicted molar refractivity (Wildman–Crippen MR) is 64.4 cm³/mol. The van der Waals surface area contributed by atoms with Gasteiger partial charge in [0.2, 0.25) is 0 Å². The van der Waals surface area contributed by atoms with Crippen LogP contribution >= 0.6 is 0 Å². The third-order valence-corrected chi connectivity index (χ3v) is 3.03. The zero-order valence-corrected chi connectivity index (χ0v) is 10.7. The fourth-order valence-corrected chi connectivity index (χ4v) is 1.83. The predicted octanol–water partition coefficient (Wildman–Crippen LogP) is 1.61. The highest BCUT2D eigenvalue weighted by atomic mass is 16.6. The van der Waals surface area contributed by atoms with E-state index in [2.05, 4.69) is 5.10 Å². The molecule has 1 aliphatic rings. The molecule has 0 radical (unpaired) electrons. The Labute approximate surface area is 105 Å². The molecule has 0 bridgehead atoms. The van der Waals surface area contributed by atoms with Gasteiger partial charge in [-0.1, -0.05) is 0 Å². The van der Waals surface area contributed by atoms with Crippen LogP contribution in [0.15, 0.2) is 6.07 Å². The Morgan fingerprint density at radius 3 is 2.67 bits per heavy atom. The molecule has 1 aromatic rings. The molecule has 2 rings (SSSR count). The van der Waals surface area contributed by atoms with Crippen LogP contribution in [0.25, 0.3) is 0 Å². The van der Waals surface area contributed by atoms with E-state index in [4.69, 9.17) is 0 Å². The summed E-state index contributed by atoms with van der Waals surface area (Å²) in [5, 5.41) is 14.6. The Hall–Kier alpha value is -1.92. The van der Waals surface area contributed by atoms with E-state index >= 15 is 0 Å². The Morgan fingerprint density at radius 2 is 2.22 bits per heavy atom. The van der Waals surface area contributed by atoms with Crippen LogP contribution in [-0.4, -0.2) is 38.6 Å². The van der Waals surface area contributed by atoms with Gasteiger partial charge in [-0.2, -0.15) is 4.68 Å². The quantitative estimate of drug-likeness (QED) is 0.602. The molecule has 0 aromatic carbocycles. The van der Waals surface area contributed by atoms with E-state index in [1.165, 1.54) is 10.7 Å². The molecule has 0 aliphatic heterocycles. The van der Waals surface area contributed by atoms with Crippen LogP contribution in [0.2, 0.25) is 0 Å². The molecule has 1 amide bonds. The van der Waals surface area contributed by atoms with Crippen molar-refractivity contribution in [2.45, 2.75) is 38.8 Å². The highest BCUT2D eigenvalue weighted by Crippen LogP contribution is 2.27. The van der Waals surface area contributed by atoms with Gasteiger partial charge in [0.15, 0.2) is 5.69 Å². The summed E-state index contributed by atoms with van der Waals surface area (Å²) in [7, 11) is 1.73. The van der Waals surface area contributed by atoms with E-state index in [0.29, 0.717) is 0 Å². The molecular formula is C11H16N4O3. The maximum absolute atomic E-state index is 12.2. The van der Waals surface area contributed by atoms with E-state index in [0.717, 1.165) is 12.8 Å². The van der Waals surface area contributed by atoms with Gasteiger partial charge in [0, 0.05) is 13.1 Å². The lowest BCUT2D eigenvalue weighted by molar-refractivity contribution is -0.389. The highest BCUT2D eigenvalue weighted by Gasteiger charge is 2.34. The second kappa shape index (κ2) is 4.40. The monoisotopic (exact) mass is 252 g/mol. The molecule has 0 N–H and O–H groups in total. The van der Waals surface area contributed by atoms with Crippen LogP contribution in [0.1, 0.15) is 43.2 Å². The van der Waals surface area contributed by atoms with Gasteiger partial charge < -0.3 is 15.0 Å². The first-order valence-electron chi connectivity index (χ1n) is 5.93. The number of hydrogen-bond donors (Lipinski definition) is 0. The summed E-state index contributed by atoms with van der Waals surface area (Å²) in [5.41, 5.74) is 0.283. The number of carbonyl (C=O) groups is 1. The van der Waals surface area contributed by atoms with Gasteiger partial charge in [0.1, 0.15) is 0 Å². The SMILES string of the molecule is CC(C)n1nc([N+](=O)[O-])cc1C(=O)N(C)C1CC1. The Kier molecular flexibility index (Phi) is 3.06. The van der Waals surface area contributed by atoms with Crippen molar-refractivity contribution in [3.63, 3.8) is 0 Å². The molecule has 1 aliphatic carbocycles. The van der Waals surface area contributed by atoms with Crippen LogP contribution < -0.4 is 0 Å². The Bertz CT molecular complexity index is 490. The lowest BCUT2D eigenvalue weighted by Gasteiger charge is -2.16. The lowest BCUT2D eigenvalue weighted by atomic mass is 10.3. The van der Waals surface area contributed by atoms with E-state index in [1.807, 2.05) is 13.8 Å². The topological polar surface area (TPSA) is 81.3 Å². The van der Waals surface area contributed by atoms with E-state index < -0.39 is 4.92 Å². The summed E-state index contributed by atoms with van der Waals surface area (Å²) in [4.78, 5) is 24.0. The van der Waals surface area contributed by atoms with Gasteiger partial charge >= 0.3 is 5.82 Å². The average Bonchev–Trinajstić information content (AvgIpc) is 3.04. The zero-order chi connectivity index (χ0) is 13.4. The lowest BCUT2D eigenvalue weighted by Crippen LogP contribution is -2.31. The third-order valence-electron chi connectivity index (χ3n) is 3.03. The van der Waals surface area contributed by atoms with Crippen molar-refractivity contribution in [1.82, 2.24) is 14.7 Å². The van der Waals surface area contributed by atoms with Gasteiger partial charge in [-0.15, -0.1) is 0 Å². The summed E-state index contributed by atoms with van der Waals surface area (Å²) in [6, 6.07) is 1.43. The molecule has 1 saturated carbocycles. The number of nitro groups is 1. The largest absolute Gasteiger partial charge is 0.390 e. The average molecular weight is 252 g/mol. The Morgan fingerprint density at radius 1 is 1.61 bits per heavy atom. The van der Waals surface area contributed by atoms with Crippen molar-refractivity contribution in [3.8, 4) is 0 Å². The fourth-order valence-electron chi connectivity index (χ4n) is 1.83. The third kappa shape index (κ3) is 2.20. The summed E-state index contributed by atoms with van der Waals surface area (Å²) in [6.07, 6.45) is 2.00. The van der Waals surface area contributed by atoms with Gasteiger partial charge in [0.05, 0.1) is 17.2 Å². The minimum absolute atomic E-state index is 0.0924. The first-order valence-corrected chi connectivity index (χ1v) is 5.93. The van der Waals surface area contributed by atoms with Crippen molar-refractivity contribution in [2.75, 3.05) is 7.05 Å². The van der Waals surface area contributed by atoms with E-state index in [9.17, 15) is 14.9 Å². The summed E-state index contributed by atoms with van der Waals surface area (Å²) < 4.78 is 1.42. The first-order chi connectivity index (χ1) is 8.41. The number of rotatable bonds is 4. The standard InChI is InChI=1S/C11H16N4O3/c1-7(2)14-9(6-10(12-14)15(17)18)11(16)13(3)8-4-5-8/h6-8H,4-5H2,1-3H3. The van der Waals surface area contributed by atoms with Crippen molar-refractivity contribution in [1.29, 1.82) is 0 Å². The molecule has 0 saturated heterocycles. The molecule has 1 aromatic heterocycles. The van der Waals surface area contributed by atoms with Crippen LogP contribution in [0.5, 0.6) is 0 Å². The van der Waals surface area contributed by atoms with Crippen molar-refractivity contribution in [3.05, 3.63) is 21.9 Å².